The van der Waals surface area contributed by atoms with Crippen molar-refractivity contribution in [3.05, 3.63) is 65.6 Å². The summed E-state index contributed by atoms with van der Waals surface area (Å²) in [4.78, 5) is 16.0. The smallest absolute Gasteiger partial charge is 0.417 e. The Hall–Kier alpha value is -3.03. The molecule has 0 aliphatic heterocycles. The molecule has 2 aromatic heterocycles. The number of rotatable bonds is 5. The second kappa shape index (κ2) is 7.07. The summed E-state index contributed by atoms with van der Waals surface area (Å²) >= 11 is 0. The fraction of sp³-hybridized carbons (Fsp3) is 0.222. The van der Waals surface area contributed by atoms with Crippen LogP contribution in [0.1, 0.15) is 16.8 Å². The van der Waals surface area contributed by atoms with E-state index >= 15 is 0 Å². The lowest BCUT2D eigenvalue weighted by Gasteiger charge is -2.06. The third-order valence-electron chi connectivity index (χ3n) is 3.69. The molecule has 136 valence electrons. The van der Waals surface area contributed by atoms with Crippen LogP contribution in [0.3, 0.4) is 0 Å². The number of pyridine rings is 1. The van der Waals surface area contributed by atoms with E-state index < -0.39 is 11.7 Å². The molecule has 3 aromatic rings. The Labute approximate surface area is 147 Å². The highest BCUT2D eigenvalue weighted by Gasteiger charge is 2.30. The van der Waals surface area contributed by atoms with Crippen molar-refractivity contribution in [2.75, 3.05) is 6.61 Å². The molecular formula is C18H16F3N3O2. The maximum atomic E-state index is 12.7. The van der Waals surface area contributed by atoms with Gasteiger partial charge in [0.05, 0.1) is 17.8 Å². The van der Waals surface area contributed by atoms with Gasteiger partial charge in [-0.05, 0) is 31.2 Å². The van der Waals surface area contributed by atoms with Crippen molar-refractivity contribution in [3.63, 3.8) is 0 Å². The molecule has 0 spiro atoms. The highest BCUT2D eigenvalue weighted by Crippen LogP contribution is 2.29. The maximum absolute atomic E-state index is 12.7. The van der Waals surface area contributed by atoms with Crippen molar-refractivity contribution < 1.29 is 22.7 Å². The van der Waals surface area contributed by atoms with E-state index in [0.29, 0.717) is 17.1 Å². The molecule has 1 N–H and O–H groups in total. The minimum Gasteiger partial charge on any atom is -0.484 e. The molecule has 0 aliphatic carbocycles. The van der Waals surface area contributed by atoms with Gasteiger partial charge in [-0.3, -0.25) is 4.79 Å². The molecule has 0 saturated heterocycles. The quantitative estimate of drug-likeness (QED) is 0.756. The normalized spacial score (nSPS) is 11.5. The highest BCUT2D eigenvalue weighted by molar-refractivity contribution is 5.77. The molecule has 0 radical (unpaired) electrons. The summed E-state index contributed by atoms with van der Waals surface area (Å²) in [7, 11) is 0. The van der Waals surface area contributed by atoms with Crippen molar-refractivity contribution in [1.29, 1.82) is 0 Å². The Morgan fingerprint density at radius 3 is 2.58 bits per heavy atom. The standard InChI is InChI=1S/C18H16F3N3O2/c1-12-2-5-15(6-3-12)26-11-17(25)22-8-14-10-24-9-13(18(19,20)21)4-7-16(24)23-14/h2-7,9-10H,8,11H2,1H3,(H,22,25). The van der Waals surface area contributed by atoms with E-state index in [2.05, 4.69) is 10.3 Å². The zero-order valence-corrected chi connectivity index (χ0v) is 13.9. The first kappa shape index (κ1) is 17.8. The Bertz CT molecular complexity index is 918. The molecule has 1 amide bonds. The van der Waals surface area contributed by atoms with Crippen molar-refractivity contribution in [2.45, 2.75) is 19.6 Å². The van der Waals surface area contributed by atoms with Crippen LogP contribution in [0, 0.1) is 6.92 Å². The fourth-order valence-electron chi connectivity index (χ4n) is 2.32. The zero-order valence-electron chi connectivity index (χ0n) is 13.9. The summed E-state index contributed by atoms with van der Waals surface area (Å²) in [6.07, 6.45) is -2.00. The number of benzene rings is 1. The Morgan fingerprint density at radius 1 is 1.15 bits per heavy atom. The van der Waals surface area contributed by atoms with Gasteiger partial charge in [-0.1, -0.05) is 17.7 Å². The van der Waals surface area contributed by atoms with E-state index in [4.69, 9.17) is 4.74 Å². The van der Waals surface area contributed by atoms with Gasteiger partial charge in [-0.25, -0.2) is 4.98 Å². The maximum Gasteiger partial charge on any atom is 0.417 e. The minimum atomic E-state index is -4.42. The number of alkyl halides is 3. The SMILES string of the molecule is Cc1ccc(OCC(=O)NCc2cn3cc(C(F)(F)F)ccc3n2)cc1. The summed E-state index contributed by atoms with van der Waals surface area (Å²) < 4.78 is 44.8. The van der Waals surface area contributed by atoms with Gasteiger partial charge in [0, 0.05) is 12.4 Å². The molecule has 0 unspecified atom stereocenters. The Morgan fingerprint density at radius 2 is 1.88 bits per heavy atom. The van der Waals surface area contributed by atoms with Gasteiger partial charge in [0.25, 0.3) is 5.91 Å². The molecule has 0 aliphatic rings. The van der Waals surface area contributed by atoms with Crippen LogP contribution < -0.4 is 10.1 Å². The number of aryl methyl sites for hydroxylation is 1. The Kier molecular flexibility index (Phi) is 4.83. The highest BCUT2D eigenvalue weighted by atomic mass is 19.4. The van der Waals surface area contributed by atoms with E-state index in [-0.39, 0.29) is 19.1 Å². The lowest BCUT2D eigenvalue weighted by atomic mass is 10.2. The molecule has 0 saturated carbocycles. The molecule has 8 heteroatoms. The van der Waals surface area contributed by atoms with E-state index in [1.165, 1.54) is 16.7 Å². The minimum absolute atomic E-state index is 0.0964. The molecule has 0 bridgehead atoms. The van der Waals surface area contributed by atoms with Gasteiger partial charge in [0.2, 0.25) is 0 Å². The van der Waals surface area contributed by atoms with Crippen molar-refractivity contribution in [2.24, 2.45) is 0 Å². The molecule has 1 aromatic carbocycles. The van der Waals surface area contributed by atoms with E-state index in [9.17, 15) is 18.0 Å². The number of fused-ring (bicyclic) bond motifs is 1. The number of carbonyl (C=O) groups excluding carboxylic acids is 1. The lowest BCUT2D eigenvalue weighted by molar-refractivity contribution is -0.137. The molecule has 0 atom stereocenters. The number of hydrogen-bond acceptors (Lipinski definition) is 3. The van der Waals surface area contributed by atoms with Gasteiger partial charge in [-0.2, -0.15) is 13.2 Å². The van der Waals surface area contributed by atoms with E-state index in [1.54, 1.807) is 12.1 Å². The number of halogens is 3. The Balaban J connectivity index is 1.57. The van der Waals surface area contributed by atoms with Crippen LogP contribution >= 0.6 is 0 Å². The van der Waals surface area contributed by atoms with Crippen LogP contribution in [0.2, 0.25) is 0 Å². The van der Waals surface area contributed by atoms with Crippen molar-refractivity contribution >= 4 is 11.6 Å². The number of nitrogens with zero attached hydrogens (tertiary/aromatic N) is 2. The number of amides is 1. The second-order valence-corrected chi connectivity index (χ2v) is 5.79. The lowest BCUT2D eigenvalue weighted by Crippen LogP contribution is -2.28. The first-order valence-corrected chi connectivity index (χ1v) is 7.82. The first-order valence-electron chi connectivity index (χ1n) is 7.82. The predicted molar refractivity (Wildman–Crippen MR) is 88.7 cm³/mol. The first-order chi connectivity index (χ1) is 12.3. The number of imidazole rings is 1. The van der Waals surface area contributed by atoms with Crippen LogP contribution in [-0.2, 0) is 17.5 Å². The molecule has 5 nitrogen and oxygen atoms in total. The van der Waals surface area contributed by atoms with E-state index in [0.717, 1.165) is 17.8 Å². The van der Waals surface area contributed by atoms with Crippen LogP contribution in [0.15, 0.2) is 48.8 Å². The summed E-state index contributed by atoms with van der Waals surface area (Å²) in [5.74, 6) is 0.233. The number of nitrogens with one attached hydrogen (secondary N) is 1. The van der Waals surface area contributed by atoms with Gasteiger partial charge in [-0.15, -0.1) is 0 Å². The third-order valence-corrected chi connectivity index (χ3v) is 3.69. The largest absolute Gasteiger partial charge is 0.484 e. The molecule has 26 heavy (non-hydrogen) atoms. The number of ether oxygens (including phenoxy) is 1. The monoisotopic (exact) mass is 363 g/mol. The number of carbonyl (C=O) groups is 1. The number of hydrogen-bond donors (Lipinski definition) is 1. The van der Waals surface area contributed by atoms with Crippen LogP contribution in [-0.4, -0.2) is 21.9 Å². The molecule has 0 fully saturated rings. The van der Waals surface area contributed by atoms with Gasteiger partial charge in [0.1, 0.15) is 11.4 Å². The third kappa shape index (κ3) is 4.33. The average Bonchev–Trinajstić information content (AvgIpc) is 3.01. The number of aromatic nitrogens is 2. The topological polar surface area (TPSA) is 55.6 Å². The summed E-state index contributed by atoms with van der Waals surface area (Å²) in [6, 6.07) is 9.54. The van der Waals surface area contributed by atoms with Crippen molar-refractivity contribution in [1.82, 2.24) is 14.7 Å². The summed E-state index contributed by atoms with van der Waals surface area (Å²) in [6.45, 7) is 1.89. The summed E-state index contributed by atoms with van der Waals surface area (Å²) in [5, 5.41) is 2.62. The fourth-order valence-corrected chi connectivity index (χ4v) is 2.32. The summed E-state index contributed by atoms with van der Waals surface area (Å²) in [5.41, 5.74) is 1.15. The van der Waals surface area contributed by atoms with Gasteiger partial charge >= 0.3 is 6.18 Å². The van der Waals surface area contributed by atoms with Gasteiger partial charge < -0.3 is 14.5 Å². The van der Waals surface area contributed by atoms with Gasteiger partial charge in [0.15, 0.2) is 6.61 Å². The zero-order chi connectivity index (χ0) is 18.7. The average molecular weight is 363 g/mol. The predicted octanol–water partition coefficient (Wildman–Crippen LogP) is 3.36. The second-order valence-electron chi connectivity index (χ2n) is 5.79. The molecule has 2 heterocycles. The van der Waals surface area contributed by atoms with Crippen molar-refractivity contribution in [3.8, 4) is 5.75 Å². The van der Waals surface area contributed by atoms with Crippen LogP contribution in [0.25, 0.3) is 5.65 Å². The van der Waals surface area contributed by atoms with E-state index in [1.807, 2.05) is 19.1 Å². The molecular weight excluding hydrogens is 347 g/mol. The van der Waals surface area contributed by atoms with Crippen LogP contribution in [0.4, 0.5) is 13.2 Å². The molecule has 3 rings (SSSR count). The van der Waals surface area contributed by atoms with Crippen LogP contribution in [0.5, 0.6) is 5.75 Å².